The van der Waals surface area contributed by atoms with E-state index in [1.807, 2.05) is 0 Å². The molecule has 0 bridgehead atoms. The predicted octanol–water partition coefficient (Wildman–Crippen LogP) is 1.63. The van der Waals surface area contributed by atoms with Gasteiger partial charge in [-0.15, -0.1) is 0 Å². The van der Waals surface area contributed by atoms with Crippen LogP contribution in [0, 0.1) is 0 Å². The molecule has 24 heavy (non-hydrogen) atoms. The molecule has 128 valence electrons. The van der Waals surface area contributed by atoms with Gasteiger partial charge in [0.2, 0.25) is 0 Å². The molecule has 0 aliphatic heterocycles. The van der Waals surface area contributed by atoms with Crippen LogP contribution in [-0.4, -0.2) is 31.8 Å². The zero-order valence-electron chi connectivity index (χ0n) is 13.8. The SMILES string of the molecule is COc1ccc(OC)c(C(O)CNC(=O)c2ccc(CN)cc2)c1. The number of rotatable bonds is 7. The van der Waals surface area contributed by atoms with Crippen molar-refractivity contribution in [2.45, 2.75) is 12.6 Å². The number of hydrogen-bond acceptors (Lipinski definition) is 5. The first kappa shape index (κ1) is 17.8. The van der Waals surface area contributed by atoms with Gasteiger partial charge >= 0.3 is 0 Å². The Morgan fingerprint density at radius 1 is 1.17 bits per heavy atom. The molecule has 1 unspecified atom stereocenters. The Hall–Kier alpha value is -2.57. The highest BCUT2D eigenvalue weighted by Gasteiger charge is 2.16. The summed E-state index contributed by atoms with van der Waals surface area (Å²) in [4.78, 5) is 12.1. The summed E-state index contributed by atoms with van der Waals surface area (Å²) in [6, 6.07) is 12.2. The molecule has 2 aromatic carbocycles. The lowest BCUT2D eigenvalue weighted by Gasteiger charge is -2.16. The number of ether oxygens (including phenoxy) is 2. The molecule has 0 heterocycles. The average Bonchev–Trinajstić information content (AvgIpc) is 2.65. The van der Waals surface area contributed by atoms with Crippen LogP contribution in [0.15, 0.2) is 42.5 Å². The molecule has 0 aromatic heterocycles. The highest BCUT2D eigenvalue weighted by Crippen LogP contribution is 2.29. The normalized spacial score (nSPS) is 11.7. The summed E-state index contributed by atoms with van der Waals surface area (Å²) in [7, 11) is 3.07. The van der Waals surface area contributed by atoms with Gasteiger partial charge in [-0.1, -0.05) is 12.1 Å². The number of benzene rings is 2. The fraction of sp³-hybridized carbons (Fsp3) is 0.278. The number of aliphatic hydroxyl groups excluding tert-OH is 1. The van der Waals surface area contributed by atoms with Crippen LogP contribution >= 0.6 is 0 Å². The van der Waals surface area contributed by atoms with Gasteiger partial charge in [-0.05, 0) is 35.9 Å². The molecule has 0 aliphatic rings. The van der Waals surface area contributed by atoms with Crippen LogP contribution in [0.25, 0.3) is 0 Å². The van der Waals surface area contributed by atoms with Gasteiger partial charge in [0.1, 0.15) is 17.6 Å². The molecule has 0 fully saturated rings. The molecule has 6 nitrogen and oxygen atoms in total. The zero-order chi connectivity index (χ0) is 17.5. The van der Waals surface area contributed by atoms with Gasteiger partial charge < -0.3 is 25.6 Å². The Labute approximate surface area is 141 Å². The molecule has 0 radical (unpaired) electrons. The third-order valence-corrected chi connectivity index (χ3v) is 3.70. The van der Waals surface area contributed by atoms with Gasteiger partial charge in [-0.3, -0.25) is 4.79 Å². The second-order valence-electron chi connectivity index (χ2n) is 5.23. The van der Waals surface area contributed by atoms with Crippen molar-refractivity contribution in [1.82, 2.24) is 5.32 Å². The largest absolute Gasteiger partial charge is 0.497 e. The maximum absolute atomic E-state index is 12.1. The van der Waals surface area contributed by atoms with Gasteiger partial charge in [0, 0.05) is 24.2 Å². The molecule has 1 atom stereocenters. The smallest absolute Gasteiger partial charge is 0.251 e. The maximum Gasteiger partial charge on any atom is 0.251 e. The quantitative estimate of drug-likeness (QED) is 0.717. The Morgan fingerprint density at radius 2 is 1.88 bits per heavy atom. The molecule has 0 aliphatic carbocycles. The van der Waals surface area contributed by atoms with Crippen molar-refractivity contribution < 1.29 is 19.4 Å². The monoisotopic (exact) mass is 330 g/mol. The Bertz CT molecular complexity index is 686. The minimum Gasteiger partial charge on any atom is -0.497 e. The molecule has 0 saturated carbocycles. The van der Waals surface area contributed by atoms with Gasteiger partial charge in [0.25, 0.3) is 5.91 Å². The lowest BCUT2D eigenvalue weighted by Crippen LogP contribution is -2.28. The van der Waals surface area contributed by atoms with Crippen molar-refractivity contribution in [1.29, 1.82) is 0 Å². The first-order valence-corrected chi connectivity index (χ1v) is 7.56. The summed E-state index contributed by atoms with van der Waals surface area (Å²) in [5.74, 6) is 0.873. The zero-order valence-corrected chi connectivity index (χ0v) is 13.8. The first-order chi connectivity index (χ1) is 11.6. The van der Waals surface area contributed by atoms with Gasteiger partial charge in [-0.2, -0.15) is 0 Å². The summed E-state index contributed by atoms with van der Waals surface area (Å²) >= 11 is 0. The second-order valence-corrected chi connectivity index (χ2v) is 5.23. The molecule has 0 spiro atoms. The summed E-state index contributed by atoms with van der Waals surface area (Å²) in [5, 5.41) is 13.1. The minimum absolute atomic E-state index is 0.0565. The van der Waals surface area contributed by atoms with Crippen LogP contribution < -0.4 is 20.5 Å². The summed E-state index contributed by atoms with van der Waals surface area (Å²) in [5.41, 5.74) is 7.55. The molecule has 2 aromatic rings. The van der Waals surface area contributed by atoms with Crippen molar-refractivity contribution in [3.63, 3.8) is 0 Å². The molecular formula is C18H22N2O4. The van der Waals surface area contributed by atoms with E-state index in [1.165, 1.54) is 7.11 Å². The molecule has 6 heteroatoms. The van der Waals surface area contributed by atoms with Crippen LogP contribution in [0.1, 0.15) is 27.6 Å². The topological polar surface area (TPSA) is 93.8 Å². The summed E-state index contributed by atoms with van der Waals surface area (Å²) in [6.45, 7) is 0.483. The summed E-state index contributed by atoms with van der Waals surface area (Å²) in [6.07, 6.45) is -0.915. The maximum atomic E-state index is 12.1. The standard InChI is InChI=1S/C18H22N2O4/c1-23-14-7-8-17(24-2)15(9-14)16(21)11-20-18(22)13-5-3-12(10-19)4-6-13/h3-9,16,21H,10-11,19H2,1-2H3,(H,20,22). The van der Waals surface area contributed by atoms with E-state index in [4.69, 9.17) is 15.2 Å². The Kier molecular flexibility index (Phi) is 6.17. The number of aliphatic hydroxyl groups is 1. The third-order valence-electron chi connectivity index (χ3n) is 3.70. The third kappa shape index (κ3) is 4.24. The molecule has 1 amide bonds. The van der Waals surface area contributed by atoms with Gasteiger partial charge in [0.05, 0.1) is 14.2 Å². The van der Waals surface area contributed by atoms with Crippen LogP contribution in [0.5, 0.6) is 11.5 Å². The van der Waals surface area contributed by atoms with E-state index in [2.05, 4.69) is 5.32 Å². The highest BCUT2D eigenvalue weighted by atomic mass is 16.5. The van der Waals surface area contributed by atoms with E-state index in [9.17, 15) is 9.90 Å². The number of carbonyl (C=O) groups excluding carboxylic acids is 1. The number of nitrogens with one attached hydrogen (secondary N) is 1. The number of nitrogens with two attached hydrogens (primary N) is 1. The van der Waals surface area contributed by atoms with E-state index >= 15 is 0 Å². The van der Waals surface area contributed by atoms with Crippen LogP contribution in [0.4, 0.5) is 0 Å². The summed E-state index contributed by atoms with van der Waals surface area (Å²) < 4.78 is 10.4. The Balaban J connectivity index is 2.04. The lowest BCUT2D eigenvalue weighted by molar-refractivity contribution is 0.0914. The number of carbonyl (C=O) groups is 1. The van der Waals surface area contributed by atoms with Crippen molar-refractivity contribution in [3.05, 3.63) is 59.2 Å². The lowest BCUT2D eigenvalue weighted by atomic mass is 10.1. The second kappa shape index (κ2) is 8.33. The van der Waals surface area contributed by atoms with Crippen molar-refractivity contribution in [2.24, 2.45) is 5.73 Å². The minimum atomic E-state index is -0.915. The van der Waals surface area contributed by atoms with E-state index < -0.39 is 6.10 Å². The van der Waals surface area contributed by atoms with Crippen molar-refractivity contribution >= 4 is 5.91 Å². The van der Waals surface area contributed by atoms with E-state index in [-0.39, 0.29) is 12.5 Å². The van der Waals surface area contributed by atoms with E-state index in [1.54, 1.807) is 49.6 Å². The Morgan fingerprint density at radius 3 is 2.46 bits per heavy atom. The fourth-order valence-electron chi connectivity index (χ4n) is 2.29. The molecule has 4 N–H and O–H groups in total. The van der Waals surface area contributed by atoms with Gasteiger partial charge in [-0.25, -0.2) is 0 Å². The van der Waals surface area contributed by atoms with E-state index in [0.717, 1.165) is 5.56 Å². The van der Waals surface area contributed by atoms with Gasteiger partial charge in [0.15, 0.2) is 0 Å². The van der Waals surface area contributed by atoms with Crippen LogP contribution in [0.2, 0.25) is 0 Å². The fourth-order valence-corrected chi connectivity index (χ4v) is 2.29. The number of hydrogen-bond donors (Lipinski definition) is 3. The first-order valence-electron chi connectivity index (χ1n) is 7.56. The molecule has 0 saturated heterocycles. The van der Waals surface area contributed by atoms with Crippen LogP contribution in [0.3, 0.4) is 0 Å². The van der Waals surface area contributed by atoms with Crippen molar-refractivity contribution in [3.8, 4) is 11.5 Å². The molecular weight excluding hydrogens is 308 g/mol. The predicted molar refractivity (Wildman–Crippen MR) is 91.2 cm³/mol. The average molecular weight is 330 g/mol. The van der Waals surface area contributed by atoms with Crippen molar-refractivity contribution in [2.75, 3.05) is 20.8 Å². The number of methoxy groups -OCH3 is 2. The molecule has 2 rings (SSSR count). The highest BCUT2D eigenvalue weighted by molar-refractivity contribution is 5.94. The van der Waals surface area contributed by atoms with E-state index in [0.29, 0.717) is 29.2 Å². The van der Waals surface area contributed by atoms with Crippen LogP contribution in [-0.2, 0) is 6.54 Å². The number of amides is 1.